The van der Waals surface area contributed by atoms with Gasteiger partial charge in [-0.3, -0.25) is 9.20 Å². The lowest BCUT2D eigenvalue weighted by Gasteiger charge is -2.22. The predicted molar refractivity (Wildman–Crippen MR) is 112 cm³/mol. The van der Waals surface area contributed by atoms with Gasteiger partial charge in [0.2, 0.25) is 5.91 Å². The van der Waals surface area contributed by atoms with E-state index in [2.05, 4.69) is 38.0 Å². The first kappa shape index (κ1) is 20.1. The standard InChI is InChI=1S/C23H28FN3O/c1-15-9-10-27-19(11-15)25-21(17-7-6-8-18(24)13-17)22(27)26-20(28)12-16(2)14-23(3,4)5/h6-11,13,16H,12,14H2,1-5H3,(H,26,28)/t16-/m1/s1. The van der Waals surface area contributed by atoms with E-state index < -0.39 is 0 Å². The number of aromatic nitrogens is 2. The Labute approximate surface area is 165 Å². The molecule has 0 aliphatic carbocycles. The number of carbonyl (C=O) groups is 1. The number of halogens is 1. The van der Waals surface area contributed by atoms with Gasteiger partial charge in [0.1, 0.15) is 23.0 Å². The molecule has 3 rings (SSSR count). The van der Waals surface area contributed by atoms with Crippen molar-refractivity contribution in [1.82, 2.24) is 9.38 Å². The molecule has 2 heterocycles. The fourth-order valence-corrected chi connectivity index (χ4v) is 3.72. The second-order valence-corrected chi connectivity index (χ2v) is 8.87. The third kappa shape index (κ3) is 4.77. The van der Waals surface area contributed by atoms with E-state index in [1.807, 2.05) is 29.7 Å². The second kappa shape index (κ2) is 7.74. The Morgan fingerprint density at radius 2 is 2.00 bits per heavy atom. The number of rotatable bonds is 5. The maximum Gasteiger partial charge on any atom is 0.225 e. The lowest BCUT2D eigenvalue weighted by molar-refractivity contribution is -0.117. The van der Waals surface area contributed by atoms with Gasteiger partial charge in [0.25, 0.3) is 0 Å². The number of fused-ring (bicyclic) bond motifs is 1. The minimum absolute atomic E-state index is 0.0585. The van der Waals surface area contributed by atoms with Crippen LogP contribution in [0, 0.1) is 24.1 Å². The smallest absolute Gasteiger partial charge is 0.225 e. The van der Waals surface area contributed by atoms with Crippen molar-refractivity contribution in [2.75, 3.05) is 5.32 Å². The molecule has 0 spiro atoms. The van der Waals surface area contributed by atoms with Gasteiger partial charge in [-0.15, -0.1) is 0 Å². The molecule has 0 unspecified atom stereocenters. The van der Waals surface area contributed by atoms with Crippen molar-refractivity contribution in [1.29, 1.82) is 0 Å². The van der Waals surface area contributed by atoms with Crippen LogP contribution in [-0.2, 0) is 4.79 Å². The highest BCUT2D eigenvalue weighted by Crippen LogP contribution is 2.31. The summed E-state index contributed by atoms with van der Waals surface area (Å²) in [6.07, 6.45) is 3.27. The van der Waals surface area contributed by atoms with Crippen molar-refractivity contribution in [3.05, 3.63) is 54.0 Å². The number of pyridine rings is 1. The molecule has 148 valence electrons. The number of imidazole rings is 1. The van der Waals surface area contributed by atoms with Gasteiger partial charge >= 0.3 is 0 Å². The van der Waals surface area contributed by atoms with Gasteiger partial charge in [0.05, 0.1) is 0 Å². The first-order valence-corrected chi connectivity index (χ1v) is 9.67. The van der Waals surface area contributed by atoms with Gasteiger partial charge in [0.15, 0.2) is 0 Å². The van der Waals surface area contributed by atoms with Gasteiger partial charge < -0.3 is 5.32 Å². The Hall–Kier alpha value is -2.69. The molecule has 0 bridgehead atoms. The van der Waals surface area contributed by atoms with Crippen molar-refractivity contribution in [3.8, 4) is 11.3 Å². The number of benzene rings is 1. The summed E-state index contributed by atoms with van der Waals surface area (Å²) in [5.74, 6) is 0.450. The third-order valence-corrected chi connectivity index (χ3v) is 4.63. The minimum atomic E-state index is -0.332. The summed E-state index contributed by atoms with van der Waals surface area (Å²) < 4.78 is 15.6. The molecule has 0 aliphatic heterocycles. The van der Waals surface area contributed by atoms with Gasteiger partial charge in [-0.05, 0) is 54.5 Å². The first-order valence-electron chi connectivity index (χ1n) is 9.67. The van der Waals surface area contributed by atoms with E-state index in [9.17, 15) is 9.18 Å². The summed E-state index contributed by atoms with van der Waals surface area (Å²) in [5, 5.41) is 3.03. The van der Waals surface area contributed by atoms with Gasteiger partial charge in [0, 0.05) is 18.2 Å². The summed E-state index contributed by atoms with van der Waals surface area (Å²) in [6, 6.07) is 10.2. The highest BCUT2D eigenvalue weighted by atomic mass is 19.1. The monoisotopic (exact) mass is 381 g/mol. The number of nitrogens with zero attached hydrogens (tertiary/aromatic N) is 2. The fraction of sp³-hybridized carbons (Fsp3) is 0.391. The molecule has 0 saturated heterocycles. The van der Waals surface area contributed by atoms with E-state index in [-0.39, 0.29) is 23.1 Å². The molecule has 1 aromatic carbocycles. The van der Waals surface area contributed by atoms with Crippen molar-refractivity contribution in [2.24, 2.45) is 11.3 Å². The fourth-order valence-electron chi connectivity index (χ4n) is 3.72. The molecule has 1 amide bonds. The van der Waals surface area contributed by atoms with Crippen LogP contribution in [0.4, 0.5) is 10.2 Å². The molecule has 5 heteroatoms. The topological polar surface area (TPSA) is 46.4 Å². The molecule has 0 saturated carbocycles. The Bertz CT molecular complexity index is 1000. The number of aryl methyl sites for hydroxylation is 1. The summed E-state index contributed by atoms with van der Waals surface area (Å²) in [6.45, 7) is 10.6. The maximum absolute atomic E-state index is 13.8. The summed E-state index contributed by atoms with van der Waals surface area (Å²) in [7, 11) is 0. The normalized spacial score (nSPS) is 12.9. The summed E-state index contributed by atoms with van der Waals surface area (Å²) in [5.41, 5.74) is 3.17. The van der Waals surface area contributed by atoms with Crippen molar-refractivity contribution in [2.45, 2.75) is 47.5 Å². The molecule has 2 aromatic heterocycles. The molecular weight excluding hydrogens is 353 g/mol. The molecule has 1 N–H and O–H groups in total. The van der Waals surface area contributed by atoms with Crippen LogP contribution < -0.4 is 5.32 Å². The number of amides is 1. The van der Waals surface area contributed by atoms with Crippen LogP contribution in [0.2, 0.25) is 0 Å². The van der Waals surface area contributed by atoms with E-state index in [0.717, 1.165) is 17.6 Å². The van der Waals surface area contributed by atoms with Crippen LogP contribution >= 0.6 is 0 Å². The zero-order chi connectivity index (χ0) is 20.5. The van der Waals surface area contributed by atoms with Gasteiger partial charge in [-0.25, -0.2) is 9.37 Å². The lowest BCUT2D eigenvalue weighted by Crippen LogP contribution is -2.19. The van der Waals surface area contributed by atoms with E-state index in [1.165, 1.54) is 12.1 Å². The van der Waals surface area contributed by atoms with Crippen molar-refractivity contribution < 1.29 is 9.18 Å². The summed E-state index contributed by atoms with van der Waals surface area (Å²) >= 11 is 0. The largest absolute Gasteiger partial charge is 0.310 e. The number of hydrogen-bond donors (Lipinski definition) is 1. The maximum atomic E-state index is 13.8. The van der Waals surface area contributed by atoms with Crippen molar-refractivity contribution in [3.63, 3.8) is 0 Å². The Morgan fingerprint density at radius 3 is 2.68 bits per heavy atom. The van der Waals surface area contributed by atoms with Crippen LogP contribution in [-0.4, -0.2) is 15.3 Å². The second-order valence-electron chi connectivity index (χ2n) is 8.87. The SMILES string of the molecule is Cc1ccn2c(NC(=O)C[C@@H](C)CC(C)(C)C)c(-c3cccc(F)c3)nc2c1. The number of anilines is 1. The minimum Gasteiger partial charge on any atom is -0.310 e. The quantitative estimate of drug-likeness (QED) is 0.602. The third-order valence-electron chi connectivity index (χ3n) is 4.63. The van der Waals surface area contributed by atoms with Crippen LogP contribution in [0.15, 0.2) is 42.6 Å². The average molecular weight is 381 g/mol. The molecule has 28 heavy (non-hydrogen) atoms. The first-order chi connectivity index (χ1) is 13.1. The molecular formula is C23H28FN3O. The van der Waals surface area contributed by atoms with Gasteiger partial charge in [-0.2, -0.15) is 0 Å². The van der Waals surface area contributed by atoms with Gasteiger partial charge in [-0.1, -0.05) is 39.8 Å². The highest BCUT2D eigenvalue weighted by Gasteiger charge is 2.21. The van der Waals surface area contributed by atoms with E-state index >= 15 is 0 Å². The van der Waals surface area contributed by atoms with Crippen LogP contribution in [0.5, 0.6) is 0 Å². The molecule has 3 aromatic rings. The number of carbonyl (C=O) groups excluding carboxylic acids is 1. The zero-order valence-corrected chi connectivity index (χ0v) is 17.2. The number of hydrogen-bond acceptors (Lipinski definition) is 2. The number of nitrogens with one attached hydrogen (secondary N) is 1. The molecule has 0 aliphatic rings. The van der Waals surface area contributed by atoms with E-state index in [1.54, 1.807) is 12.1 Å². The molecule has 0 fully saturated rings. The van der Waals surface area contributed by atoms with Crippen LogP contribution in [0.3, 0.4) is 0 Å². The Balaban J connectivity index is 1.95. The molecule has 1 atom stereocenters. The van der Waals surface area contributed by atoms with E-state index in [0.29, 0.717) is 23.5 Å². The van der Waals surface area contributed by atoms with E-state index in [4.69, 9.17) is 0 Å². The summed E-state index contributed by atoms with van der Waals surface area (Å²) in [4.78, 5) is 17.4. The highest BCUT2D eigenvalue weighted by molar-refractivity contribution is 5.94. The Morgan fingerprint density at radius 1 is 1.25 bits per heavy atom. The average Bonchev–Trinajstić information content (AvgIpc) is 2.90. The van der Waals surface area contributed by atoms with Crippen LogP contribution in [0.25, 0.3) is 16.9 Å². The zero-order valence-electron chi connectivity index (χ0n) is 17.2. The lowest BCUT2D eigenvalue weighted by atomic mass is 9.84. The molecule has 4 nitrogen and oxygen atoms in total. The molecule has 0 radical (unpaired) electrons. The predicted octanol–water partition coefficient (Wildman–Crippen LogP) is 5.85. The van der Waals surface area contributed by atoms with Crippen LogP contribution in [0.1, 0.15) is 46.1 Å². The Kier molecular flexibility index (Phi) is 5.54. The van der Waals surface area contributed by atoms with Crippen molar-refractivity contribution >= 4 is 17.4 Å².